The van der Waals surface area contributed by atoms with Crippen molar-refractivity contribution in [2.75, 3.05) is 20.2 Å². The molecule has 1 aliphatic carbocycles. The number of hydrogen-bond donors (Lipinski definition) is 2. The fourth-order valence-electron chi connectivity index (χ4n) is 3.01. The molecule has 0 aromatic heterocycles. The minimum atomic E-state index is -3.60. The summed E-state index contributed by atoms with van der Waals surface area (Å²) in [4.78, 5) is 11.4. The summed E-state index contributed by atoms with van der Waals surface area (Å²) in [5.74, 6) is -0.496. The van der Waals surface area contributed by atoms with Crippen molar-refractivity contribution in [3.8, 4) is 0 Å². The van der Waals surface area contributed by atoms with Crippen LogP contribution in [0.15, 0.2) is 0 Å². The predicted octanol–water partition coefficient (Wildman–Crippen LogP) is 0.00930. The van der Waals surface area contributed by atoms with Crippen LogP contribution < -0.4 is 4.72 Å². The van der Waals surface area contributed by atoms with Crippen LogP contribution in [0.4, 0.5) is 0 Å². The highest BCUT2D eigenvalue weighted by Crippen LogP contribution is 2.23. The maximum atomic E-state index is 12.3. The summed E-state index contributed by atoms with van der Waals surface area (Å²) in [6.45, 7) is 0.607. The lowest BCUT2D eigenvalue weighted by atomic mass is 9.93. The Balaban J connectivity index is 1.90. The zero-order valence-corrected chi connectivity index (χ0v) is 13.1. The number of rotatable bonds is 4. The number of methoxy groups -OCH3 is 1. The first kappa shape index (κ1) is 16.7. The molecule has 7 nitrogen and oxygen atoms in total. The second kappa shape index (κ2) is 7.04. The van der Waals surface area contributed by atoms with E-state index < -0.39 is 22.4 Å². The van der Waals surface area contributed by atoms with Gasteiger partial charge in [-0.25, -0.2) is 0 Å². The van der Waals surface area contributed by atoms with Gasteiger partial charge >= 0.3 is 5.97 Å². The maximum absolute atomic E-state index is 12.3. The molecule has 2 N–H and O–H groups in total. The molecule has 0 aromatic carbocycles. The van der Waals surface area contributed by atoms with Crippen LogP contribution in [0, 0.1) is 5.92 Å². The number of piperidine rings is 1. The number of aliphatic hydroxyl groups excluding tert-OH is 1. The molecule has 0 bridgehead atoms. The lowest BCUT2D eigenvalue weighted by Gasteiger charge is -2.33. The molecule has 2 aliphatic rings. The van der Waals surface area contributed by atoms with Crippen LogP contribution in [0.1, 0.15) is 38.5 Å². The lowest BCUT2D eigenvalue weighted by molar-refractivity contribution is -0.146. The number of carbonyl (C=O) groups excluding carboxylic acids is 1. The van der Waals surface area contributed by atoms with Crippen molar-refractivity contribution in [1.29, 1.82) is 0 Å². The summed E-state index contributed by atoms with van der Waals surface area (Å²) in [6, 6.07) is -0.401. The summed E-state index contributed by atoms with van der Waals surface area (Å²) >= 11 is 0. The van der Waals surface area contributed by atoms with Crippen LogP contribution in [-0.2, 0) is 19.7 Å². The molecule has 0 spiro atoms. The summed E-state index contributed by atoms with van der Waals surface area (Å²) < 4.78 is 33.3. The number of ether oxygens (including phenoxy) is 1. The Morgan fingerprint density at radius 2 is 1.81 bits per heavy atom. The van der Waals surface area contributed by atoms with Crippen molar-refractivity contribution >= 4 is 16.2 Å². The highest BCUT2D eigenvalue weighted by atomic mass is 32.2. The van der Waals surface area contributed by atoms with Crippen LogP contribution >= 0.6 is 0 Å². The molecular formula is C13H24N2O5S. The van der Waals surface area contributed by atoms with E-state index in [4.69, 9.17) is 4.74 Å². The fourth-order valence-corrected chi connectivity index (χ4v) is 4.51. The smallest absolute Gasteiger partial charge is 0.308 e. The first-order valence-corrected chi connectivity index (χ1v) is 8.91. The Hall–Kier alpha value is -0.700. The largest absolute Gasteiger partial charge is 0.469 e. The van der Waals surface area contributed by atoms with Crippen LogP contribution in [-0.4, -0.2) is 56.1 Å². The number of hydrogen-bond acceptors (Lipinski definition) is 5. The molecule has 0 amide bonds. The van der Waals surface area contributed by atoms with Crippen LogP contribution in [0.25, 0.3) is 0 Å². The molecule has 1 heterocycles. The molecule has 2 fully saturated rings. The third kappa shape index (κ3) is 4.15. The predicted molar refractivity (Wildman–Crippen MR) is 76.6 cm³/mol. The van der Waals surface area contributed by atoms with E-state index >= 15 is 0 Å². The molecule has 2 atom stereocenters. The summed E-state index contributed by atoms with van der Waals surface area (Å²) in [7, 11) is -2.26. The second-order valence-electron chi connectivity index (χ2n) is 5.78. The zero-order valence-electron chi connectivity index (χ0n) is 12.3. The summed E-state index contributed by atoms with van der Waals surface area (Å²) in [5.41, 5.74) is 0. The van der Waals surface area contributed by atoms with E-state index in [1.54, 1.807) is 0 Å². The standard InChI is InChI=1S/C13H24N2O5S/c1-20-13(17)10-6-8-15(9-7-10)21(18,19)14-11-4-2-3-5-12(11)16/h10-12,14,16H,2-9H2,1H3. The molecule has 0 aromatic rings. The highest BCUT2D eigenvalue weighted by molar-refractivity contribution is 7.87. The SMILES string of the molecule is COC(=O)C1CCN(S(=O)(=O)NC2CCCCC2O)CC1. The van der Waals surface area contributed by atoms with E-state index in [0.29, 0.717) is 38.8 Å². The second-order valence-corrected chi connectivity index (χ2v) is 7.48. The Labute approximate surface area is 125 Å². The van der Waals surface area contributed by atoms with E-state index in [1.165, 1.54) is 11.4 Å². The third-order valence-corrected chi connectivity index (χ3v) is 6.00. The van der Waals surface area contributed by atoms with E-state index in [2.05, 4.69) is 4.72 Å². The minimum absolute atomic E-state index is 0.221. The molecule has 21 heavy (non-hydrogen) atoms. The molecule has 1 saturated heterocycles. The molecule has 1 aliphatic heterocycles. The van der Waals surface area contributed by atoms with Gasteiger partial charge in [0.1, 0.15) is 0 Å². The first-order chi connectivity index (χ1) is 9.94. The normalized spacial score (nSPS) is 29.2. The van der Waals surface area contributed by atoms with Gasteiger partial charge in [-0.3, -0.25) is 4.79 Å². The van der Waals surface area contributed by atoms with Gasteiger partial charge in [-0.1, -0.05) is 12.8 Å². The quantitative estimate of drug-likeness (QED) is 0.711. The van der Waals surface area contributed by atoms with E-state index in [1.807, 2.05) is 0 Å². The van der Waals surface area contributed by atoms with Crippen LogP contribution in [0.2, 0.25) is 0 Å². The third-order valence-electron chi connectivity index (χ3n) is 4.36. The Bertz CT molecular complexity index is 459. The number of nitrogens with one attached hydrogen (secondary N) is 1. The van der Waals surface area contributed by atoms with Gasteiger partial charge in [-0.2, -0.15) is 17.4 Å². The summed E-state index contributed by atoms with van der Waals surface area (Å²) in [6.07, 6.45) is 3.50. The Kier molecular flexibility index (Phi) is 5.59. The monoisotopic (exact) mass is 320 g/mol. The summed E-state index contributed by atoms with van der Waals surface area (Å²) in [5, 5.41) is 9.87. The van der Waals surface area contributed by atoms with Crippen molar-refractivity contribution in [2.24, 2.45) is 5.92 Å². The van der Waals surface area contributed by atoms with Crippen molar-refractivity contribution in [1.82, 2.24) is 9.03 Å². The van der Waals surface area contributed by atoms with E-state index in [0.717, 1.165) is 12.8 Å². The van der Waals surface area contributed by atoms with Gasteiger partial charge in [-0.05, 0) is 25.7 Å². The number of carbonyl (C=O) groups is 1. The Morgan fingerprint density at radius 1 is 1.19 bits per heavy atom. The average molecular weight is 320 g/mol. The van der Waals surface area contributed by atoms with E-state index in [-0.39, 0.29) is 11.9 Å². The van der Waals surface area contributed by atoms with Gasteiger partial charge in [0.25, 0.3) is 10.2 Å². The molecule has 2 unspecified atom stereocenters. The first-order valence-electron chi connectivity index (χ1n) is 7.47. The molecule has 0 radical (unpaired) electrons. The van der Waals surface area contributed by atoms with Gasteiger partial charge in [0, 0.05) is 19.1 Å². The fraction of sp³-hybridized carbons (Fsp3) is 0.923. The average Bonchev–Trinajstić information content (AvgIpc) is 2.49. The van der Waals surface area contributed by atoms with Crippen molar-refractivity contribution < 1.29 is 23.1 Å². The molecular weight excluding hydrogens is 296 g/mol. The molecule has 8 heteroatoms. The van der Waals surface area contributed by atoms with Crippen molar-refractivity contribution in [2.45, 2.75) is 50.7 Å². The molecule has 1 saturated carbocycles. The maximum Gasteiger partial charge on any atom is 0.308 e. The number of aliphatic hydroxyl groups is 1. The van der Waals surface area contributed by atoms with Gasteiger partial charge in [0.05, 0.1) is 19.1 Å². The minimum Gasteiger partial charge on any atom is -0.469 e. The van der Waals surface area contributed by atoms with Gasteiger partial charge in [-0.15, -0.1) is 0 Å². The van der Waals surface area contributed by atoms with E-state index in [9.17, 15) is 18.3 Å². The van der Waals surface area contributed by atoms with Crippen molar-refractivity contribution in [3.63, 3.8) is 0 Å². The van der Waals surface area contributed by atoms with Gasteiger partial charge < -0.3 is 9.84 Å². The lowest BCUT2D eigenvalue weighted by Crippen LogP contribution is -2.52. The van der Waals surface area contributed by atoms with Crippen LogP contribution in [0.3, 0.4) is 0 Å². The van der Waals surface area contributed by atoms with Gasteiger partial charge in [0.2, 0.25) is 0 Å². The Morgan fingerprint density at radius 3 is 2.38 bits per heavy atom. The number of esters is 1. The topological polar surface area (TPSA) is 95.9 Å². The number of nitrogens with zero attached hydrogens (tertiary/aromatic N) is 1. The van der Waals surface area contributed by atoms with Gasteiger partial charge in [0.15, 0.2) is 0 Å². The van der Waals surface area contributed by atoms with Crippen LogP contribution in [0.5, 0.6) is 0 Å². The zero-order chi connectivity index (χ0) is 15.5. The molecule has 2 rings (SSSR count). The van der Waals surface area contributed by atoms with Crippen molar-refractivity contribution in [3.05, 3.63) is 0 Å². The highest BCUT2D eigenvalue weighted by Gasteiger charge is 2.34. The molecule has 122 valence electrons.